The van der Waals surface area contributed by atoms with Crippen molar-refractivity contribution < 1.29 is 32.1 Å². The van der Waals surface area contributed by atoms with Gasteiger partial charge in [0.25, 0.3) is 11.7 Å². The quantitative estimate of drug-likeness (QED) is 0.388. The van der Waals surface area contributed by atoms with Crippen LogP contribution in [0, 0.1) is 5.92 Å². The Balaban J connectivity index is 1.21. The number of rotatable bonds is 6. The number of ether oxygens (including phenoxy) is 1. The molecule has 7 rings (SSSR count). The van der Waals surface area contributed by atoms with Gasteiger partial charge in [0.05, 0.1) is 18.5 Å². The van der Waals surface area contributed by atoms with E-state index in [1.807, 2.05) is 4.90 Å². The number of hydrogen-bond acceptors (Lipinski definition) is 7. The average Bonchev–Trinajstić information content (AvgIpc) is 3.46. The van der Waals surface area contributed by atoms with Crippen molar-refractivity contribution in [3.8, 4) is 5.75 Å². The first-order valence-corrected chi connectivity index (χ1v) is 14.3. The Morgan fingerprint density at radius 3 is 2.72 bits per heavy atom. The van der Waals surface area contributed by atoms with E-state index in [4.69, 9.17) is 15.6 Å². The van der Waals surface area contributed by atoms with Gasteiger partial charge in [-0.3, -0.25) is 19.3 Å². The van der Waals surface area contributed by atoms with E-state index in [1.165, 1.54) is 0 Å². The summed E-state index contributed by atoms with van der Waals surface area (Å²) in [6.45, 7) is 0.574. The molecule has 2 aromatic rings. The predicted molar refractivity (Wildman–Crippen MR) is 149 cm³/mol. The summed E-state index contributed by atoms with van der Waals surface area (Å²) in [5.41, 5.74) is 1.27. The molecule has 1 saturated carbocycles. The third-order valence-electron chi connectivity index (χ3n) is 8.64. The minimum absolute atomic E-state index is 0.0115. The van der Waals surface area contributed by atoms with E-state index in [1.54, 1.807) is 36.8 Å². The van der Waals surface area contributed by atoms with Crippen molar-refractivity contribution in [2.75, 3.05) is 11.9 Å². The second-order valence-corrected chi connectivity index (χ2v) is 11.6. The van der Waals surface area contributed by atoms with Crippen LogP contribution in [0.5, 0.6) is 5.75 Å². The summed E-state index contributed by atoms with van der Waals surface area (Å²) >= 11 is 0. The molecule has 11 nitrogen and oxygen atoms in total. The summed E-state index contributed by atoms with van der Waals surface area (Å²) in [4.78, 5) is 37.0. The highest BCUT2D eigenvalue weighted by Crippen LogP contribution is 2.42. The number of quaternary nitrogens is 1. The summed E-state index contributed by atoms with van der Waals surface area (Å²) in [5, 5.41) is 6.23. The molecule has 0 bridgehead atoms. The molecule has 1 aromatic heterocycles. The molecule has 3 atom stereocenters. The number of aromatic nitrogens is 2. The third kappa shape index (κ3) is 4.83. The van der Waals surface area contributed by atoms with Crippen LogP contribution >= 0.6 is 0 Å². The standard InChI is InChI=1S/C29H29F3N8O3/c1-38-23(29(30,31)32)13-24(37-38)35-28(42)16-3-8-20(22(12-16)43-19-6-7-19)27-36-26(21-14-34-10-11-40(21,27)33)17-2-4-18-5-9-25(41)39(18)15-17/h3,8,10-14,17-19H,2,4-7,9,15,33H2,1H3/p+1/t17-,18+,40?/m1/s1. The van der Waals surface area contributed by atoms with E-state index in [0.717, 1.165) is 50.9 Å². The van der Waals surface area contributed by atoms with Crippen LogP contribution < -0.4 is 15.9 Å². The summed E-state index contributed by atoms with van der Waals surface area (Å²) < 4.78 is 46.3. The number of nitrogens with zero attached hydrogens (tertiary/aromatic N) is 6. The Morgan fingerprint density at radius 1 is 1.16 bits per heavy atom. The van der Waals surface area contributed by atoms with Crippen LogP contribution in [0.4, 0.5) is 19.0 Å². The van der Waals surface area contributed by atoms with Crippen molar-refractivity contribution in [3.05, 3.63) is 64.9 Å². The van der Waals surface area contributed by atoms with Crippen molar-refractivity contribution in [1.29, 1.82) is 0 Å². The summed E-state index contributed by atoms with van der Waals surface area (Å²) in [7, 11) is 1.16. The van der Waals surface area contributed by atoms with Crippen molar-refractivity contribution >= 4 is 29.7 Å². The van der Waals surface area contributed by atoms with Crippen LogP contribution in [0.15, 0.2) is 58.0 Å². The average molecular weight is 596 g/mol. The molecule has 3 N–H and O–H groups in total. The fourth-order valence-corrected chi connectivity index (χ4v) is 6.27. The molecule has 1 unspecified atom stereocenters. The van der Waals surface area contributed by atoms with E-state index in [-0.39, 0.29) is 39.9 Å². The SMILES string of the molecule is Cn1nc(NC(=O)c2ccc(C3=NC([C@@H]4CC[C@H]5CCC(=O)N5C4)=C4C=NC=C[N+]34N)c(OC3CC3)c2)cc1C(F)(F)F. The van der Waals surface area contributed by atoms with Gasteiger partial charge in [0.1, 0.15) is 28.9 Å². The number of piperidine rings is 1. The Morgan fingerprint density at radius 2 is 1.98 bits per heavy atom. The number of alkyl halides is 3. The van der Waals surface area contributed by atoms with Crippen LogP contribution in [0.3, 0.4) is 0 Å². The van der Waals surface area contributed by atoms with Crippen LogP contribution in [0.1, 0.15) is 60.1 Å². The maximum absolute atomic E-state index is 13.2. The van der Waals surface area contributed by atoms with E-state index in [0.29, 0.717) is 40.5 Å². The number of carbonyl (C=O) groups is 2. The lowest BCUT2D eigenvalue weighted by Crippen LogP contribution is -2.53. The summed E-state index contributed by atoms with van der Waals surface area (Å²) in [6, 6.07) is 5.86. The van der Waals surface area contributed by atoms with E-state index < -0.39 is 17.8 Å². The molecule has 224 valence electrons. The highest BCUT2D eigenvalue weighted by atomic mass is 19.4. The van der Waals surface area contributed by atoms with Crippen molar-refractivity contribution in [2.24, 2.45) is 28.8 Å². The molecule has 0 spiro atoms. The number of anilines is 1. The molecule has 43 heavy (non-hydrogen) atoms. The molecule has 2 saturated heterocycles. The number of fused-ring (bicyclic) bond motifs is 2. The van der Waals surface area contributed by atoms with Crippen molar-refractivity contribution in [1.82, 2.24) is 14.7 Å². The zero-order valence-electron chi connectivity index (χ0n) is 23.3. The molecule has 3 fully saturated rings. The number of aryl methyl sites for hydroxylation is 1. The van der Waals surface area contributed by atoms with E-state index in [2.05, 4.69) is 15.4 Å². The number of nitrogens with one attached hydrogen (secondary N) is 1. The van der Waals surface area contributed by atoms with Crippen LogP contribution in [-0.4, -0.2) is 61.8 Å². The fourth-order valence-electron chi connectivity index (χ4n) is 6.27. The molecular weight excluding hydrogens is 565 g/mol. The lowest BCUT2D eigenvalue weighted by Gasteiger charge is -2.35. The number of nitrogens with two attached hydrogens (primary N) is 1. The van der Waals surface area contributed by atoms with Crippen molar-refractivity contribution in [2.45, 2.75) is 56.8 Å². The first-order chi connectivity index (χ1) is 20.5. The number of halogens is 3. The van der Waals surface area contributed by atoms with Gasteiger partial charge in [-0.1, -0.05) is 0 Å². The topological polar surface area (TPSA) is 127 Å². The first kappa shape index (κ1) is 27.5. The molecule has 5 heterocycles. The van der Waals surface area contributed by atoms with Crippen LogP contribution in [0.25, 0.3) is 0 Å². The van der Waals surface area contributed by atoms with Crippen LogP contribution in [-0.2, 0) is 18.0 Å². The minimum atomic E-state index is -4.61. The van der Waals surface area contributed by atoms with Gasteiger partial charge in [-0.25, -0.2) is 0 Å². The van der Waals surface area contributed by atoms with Gasteiger partial charge in [0.2, 0.25) is 11.6 Å². The van der Waals surface area contributed by atoms with E-state index in [9.17, 15) is 22.8 Å². The Bertz CT molecular complexity index is 1650. The number of aliphatic imine (C=N–C) groups is 2. The highest BCUT2D eigenvalue weighted by Gasteiger charge is 2.49. The molecule has 0 radical (unpaired) electrons. The second kappa shape index (κ2) is 9.88. The zero-order chi connectivity index (χ0) is 30.1. The van der Waals surface area contributed by atoms with Gasteiger partial charge in [-0.05, 0) is 50.3 Å². The molecule has 14 heteroatoms. The Kier molecular flexibility index (Phi) is 6.32. The molecule has 1 aromatic carbocycles. The number of allylic oxidation sites excluding steroid dienone is 1. The number of carbonyl (C=O) groups excluding carboxylic acids is 2. The smallest absolute Gasteiger partial charge is 0.433 e. The summed E-state index contributed by atoms with van der Waals surface area (Å²) in [6.07, 6.45) is 5.34. The minimum Gasteiger partial charge on any atom is -0.489 e. The van der Waals surface area contributed by atoms with Gasteiger partial charge in [-0.2, -0.15) is 29.1 Å². The van der Waals surface area contributed by atoms with Gasteiger partial charge >= 0.3 is 6.18 Å². The highest BCUT2D eigenvalue weighted by molar-refractivity contribution is 6.07. The lowest BCUT2D eigenvalue weighted by atomic mass is 9.90. The van der Waals surface area contributed by atoms with E-state index >= 15 is 0 Å². The summed E-state index contributed by atoms with van der Waals surface area (Å²) in [5.74, 6) is 7.17. The second-order valence-electron chi connectivity index (χ2n) is 11.6. The molecule has 4 aliphatic heterocycles. The maximum atomic E-state index is 13.2. The van der Waals surface area contributed by atoms with Gasteiger partial charge in [0.15, 0.2) is 5.82 Å². The number of hydrogen-bond donors (Lipinski definition) is 2. The predicted octanol–water partition coefficient (Wildman–Crippen LogP) is 3.85. The molecule has 5 aliphatic rings. The Hall–Kier alpha value is -4.30. The zero-order valence-corrected chi connectivity index (χ0v) is 23.3. The fraction of sp³-hybridized carbons (Fsp3) is 0.414. The molecule has 1 aliphatic carbocycles. The molecule has 2 amide bonds. The number of amides is 2. The largest absolute Gasteiger partial charge is 0.489 e. The maximum Gasteiger partial charge on any atom is 0.433 e. The van der Waals surface area contributed by atoms with Gasteiger partial charge in [0, 0.05) is 43.6 Å². The number of benzene rings is 1. The first-order valence-electron chi connectivity index (χ1n) is 14.3. The Labute approximate surface area is 244 Å². The number of amidine groups is 1. The van der Waals surface area contributed by atoms with Crippen LogP contribution in [0.2, 0.25) is 0 Å². The monoisotopic (exact) mass is 595 g/mol. The van der Waals surface area contributed by atoms with Crippen molar-refractivity contribution in [3.63, 3.8) is 0 Å². The third-order valence-corrected chi connectivity index (χ3v) is 8.64. The molecular formula is C29H30F3N8O3+. The van der Waals surface area contributed by atoms with Gasteiger partial charge < -0.3 is 15.0 Å². The lowest BCUT2D eigenvalue weighted by molar-refractivity contribution is -0.750. The normalized spacial score (nSPS) is 26.5. The van der Waals surface area contributed by atoms with Gasteiger partial charge in [-0.15, -0.1) is 4.59 Å².